The van der Waals surface area contributed by atoms with Crippen molar-refractivity contribution in [3.05, 3.63) is 0 Å². The van der Waals surface area contributed by atoms with Crippen molar-refractivity contribution in [1.29, 1.82) is 0 Å². The summed E-state index contributed by atoms with van der Waals surface area (Å²) in [5, 5.41) is 9.07. The largest absolute Gasteiger partial charge is 0.481 e. The molecule has 18 heavy (non-hydrogen) atoms. The number of carbonyl (C=O) groups excluding carboxylic acids is 1. The van der Waals surface area contributed by atoms with Crippen molar-refractivity contribution in [1.82, 2.24) is 4.90 Å². The van der Waals surface area contributed by atoms with Gasteiger partial charge in [0.25, 0.3) is 0 Å². The van der Waals surface area contributed by atoms with Gasteiger partial charge in [-0.15, -0.1) is 0 Å². The summed E-state index contributed by atoms with van der Waals surface area (Å²) in [4.78, 5) is 25.1. The van der Waals surface area contributed by atoms with E-state index in [1.807, 2.05) is 0 Å². The Morgan fingerprint density at radius 2 is 2.00 bits per heavy atom. The zero-order chi connectivity index (χ0) is 13.3. The van der Waals surface area contributed by atoms with Crippen LogP contribution in [0, 0.1) is 5.92 Å². The molecule has 2 aliphatic rings. The first kappa shape index (κ1) is 13.3. The van der Waals surface area contributed by atoms with Gasteiger partial charge >= 0.3 is 5.97 Å². The van der Waals surface area contributed by atoms with Crippen molar-refractivity contribution in [3.8, 4) is 0 Å². The van der Waals surface area contributed by atoms with Crippen molar-refractivity contribution in [2.75, 3.05) is 19.8 Å². The zero-order valence-corrected chi connectivity index (χ0v) is 10.6. The van der Waals surface area contributed by atoms with Crippen molar-refractivity contribution < 1.29 is 19.4 Å². The Labute approximate surface area is 106 Å². The van der Waals surface area contributed by atoms with Crippen molar-refractivity contribution in [2.45, 2.75) is 37.8 Å². The molecule has 2 atom stereocenters. The third-order valence-corrected chi connectivity index (χ3v) is 4.14. The molecule has 2 fully saturated rings. The number of hydrogen-bond acceptors (Lipinski definition) is 4. The van der Waals surface area contributed by atoms with Crippen LogP contribution in [0.3, 0.4) is 0 Å². The van der Waals surface area contributed by atoms with E-state index in [9.17, 15) is 9.59 Å². The summed E-state index contributed by atoms with van der Waals surface area (Å²) in [6.07, 6.45) is 1.52. The first-order chi connectivity index (χ1) is 8.46. The lowest BCUT2D eigenvalue weighted by Gasteiger charge is -2.37. The number of carboxylic acids is 1. The molecule has 6 heteroatoms. The molecule has 102 valence electrons. The lowest BCUT2D eigenvalue weighted by Crippen LogP contribution is -2.59. The van der Waals surface area contributed by atoms with Crippen molar-refractivity contribution in [3.63, 3.8) is 0 Å². The summed E-state index contributed by atoms with van der Waals surface area (Å²) in [6.45, 7) is 3.25. The van der Waals surface area contributed by atoms with Crippen molar-refractivity contribution in [2.24, 2.45) is 11.7 Å². The van der Waals surface area contributed by atoms with E-state index in [2.05, 4.69) is 0 Å². The van der Waals surface area contributed by atoms with Crippen LogP contribution in [-0.2, 0) is 14.3 Å². The number of ether oxygens (including phenoxy) is 1. The molecule has 2 unspecified atom stereocenters. The fourth-order valence-corrected chi connectivity index (χ4v) is 2.79. The summed E-state index contributed by atoms with van der Waals surface area (Å²) in [6, 6.07) is -0.279. The molecule has 0 aromatic rings. The number of rotatable bonds is 2. The van der Waals surface area contributed by atoms with Gasteiger partial charge in [-0.25, -0.2) is 0 Å². The molecule has 0 spiro atoms. The highest BCUT2D eigenvalue weighted by Crippen LogP contribution is 2.29. The molecule has 0 radical (unpaired) electrons. The molecule has 0 saturated carbocycles. The molecule has 2 saturated heterocycles. The fourth-order valence-electron chi connectivity index (χ4n) is 2.79. The Hall–Kier alpha value is -1.14. The van der Waals surface area contributed by atoms with Gasteiger partial charge in [0.1, 0.15) is 0 Å². The van der Waals surface area contributed by atoms with E-state index in [-0.39, 0.29) is 11.9 Å². The molecular weight excluding hydrogens is 236 g/mol. The number of likely N-dealkylation sites (tertiary alicyclic amines) is 1. The summed E-state index contributed by atoms with van der Waals surface area (Å²) >= 11 is 0. The minimum absolute atomic E-state index is 0.123. The second-order valence-corrected chi connectivity index (χ2v) is 5.24. The number of amides is 1. The third-order valence-electron chi connectivity index (χ3n) is 4.14. The molecule has 2 rings (SSSR count). The SMILES string of the molecule is CC1C(C(=O)O)CCN1C(=O)C1(N)CCOCC1. The smallest absolute Gasteiger partial charge is 0.308 e. The van der Waals surface area contributed by atoms with Crippen LogP contribution >= 0.6 is 0 Å². The second kappa shape index (κ2) is 4.85. The number of aliphatic carboxylic acids is 1. The molecular formula is C12H20N2O4. The molecule has 0 bridgehead atoms. The third kappa shape index (κ3) is 2.22. The monoisotopic (exact) mass is 256 g/mol. The van der Waals surface area contributed by atoms with Crippen molar-refractivity contribution >= 4 is 11.9 Å². The number of carboxylic acid groups (broad SMARTS) is 1. The second-order valence-electron chi connectivity index (χ2n) is 5.24. The zero-order valence-electron chi connectivity index (χ0n) is 10.6. The van der Waals surface area contributed by atoms with Crippen LogP contribution in [0.2, 0.25) is 0 Å². The molecule has 2 aliphatic heterocycles. The van der Waals surface area contributed by atoms with Gasteiger partial charge in [-0.1, -0.05) is 0 Å². The van der Waals surface area contributed by atoms with Gasteiger partial charge in [-0.05, 0) is 26.2 Å². The first-order valence-corrected chi connectivity index (χ1v) is 6.36. The molecule has 1 amide bonds. The minimum Gasteiger partial charge on any atom is -0.481 e. The number of hydrogen-bond donors (Lipinski definition) is 2. The van der Waals surface area contributed by atoms with Gasteiger partial charge in [-0.2, -0.15) is 0 Å². The van der Waals surface area contributed by atoms with Gasteiger partial charge < -0.3 is 20.5 Å². The van der Waals surface area contributed by atoms with E-state index in [1.165, 1.54) is 0 Å². The van der Waals surface area contributed by atoms with Gasteiger partial charge in [0.2, 0.25) is 5.91 Å². The minimum atomic E-state index is -0.875. The standard InChI is InChI=1S/C12H20N2O4/c1-8-9(10(15)16)2-5-14(8)11(17)12(13)3-6-18-7-4-12/h8-9H,2-7,13H2,1H3,(H,15,16). The highest BCUT2D eigenvalue weighted by Gasteiger charge is 2.45. The Kier molecular flexibility index (Phi) is 3.59. The number of nitrogens with zero attached hydrogens (tertiary/aromatic N) is 1. The van der Waals surface area contributed by atoms with Crippen LogP contribution in [0.1, 0.15) is 26.2 Å². The number of nitrogens with two attached hydrogens (primary N) is 1. The van der Waals surface area contributed by atoms with Gasteiger partial charge in [0, 0.05) is 25.8 Å². The van der Waals surface area contributed by atoms with Crippen LogP contribution in [0.25, 0.3) is 0 Å². The van der Waals surface area contributed by atoms with E-state index < -0.39 is 17.4 Å². The Bertz CT molecular complexity index is 352. The highest BCUT2D eigenvalue weighted by atomic mass is 16.5. The maximum Gasteiger partial charge on any atom is 0.308 e. The van der Waals surface area contributed by atoms with Crippen LogP contribution in [-0.4, -0.2) is 53.2 Å². The first-order valence-electron chi connectivity index (χ1n) is 6.36. The van der Waals surface area contributed by atoms with Gasteiger partial charge in [0.05, 0.1) is 11.5 Å². The Morgan fingerprint density at radius 3 is 2.50 bits per heavy atom. The van der Waals surface area contributed by atoms with E-state index in [0.717, 1.165) is 0 Å². The molecule has 0 aromatic heterocycles. The average Bonchev–Trinajstić information content (AvgIpc) is 2.71. The maximum atomic E-state index is 12.5. The lowest BCUT2D eigenvalue weighted by atomic mass is 9.89. The van der Waals surface area contributed by atoms with Gasteiger partial charge in [-0.3, -0.25) is 9.59 Å². The molecule has 0 aliphatic carbocycles. The van der Waals surface area contributed by atoms with Crippen LogP contribution in [0.15, 0.2) is 0 Å². The average molecular weight is 256 g/mol. The molecule has 6 nitrogen and oxygen atoms in total. The summed E-state index contributed by atoms with van der Waals surface area (Å²) in [7, 11) is 0. The Balaban J connectivity index is 2.08. The predicted molar refractivity (Wildman–Crippen MR) is 63.9 cm³/mol. The lowest BCUT2D eigenvalue weighted by molar-refractivity contribution is -0.145. The fraction of sp³-hybridized carbons (Fsp3) is 0.833. The van der Waals surface area contributed by atoms with Gasteiger partial charge in [0.15, 0.2) is 0 Å². The van der Waals surface area contributed by atoms with Crippen LogP contribution in [0.4, 0.5) is 0 Å². The van der Waals surface area contributed by atoms with Crippen LogP contribution < -0.4 is 5.73 Å². The predicted octanol–water partition coefficient (Wildman–Crippen LogP) is -0.184. The summed E-state index contributed by atoms with van der Waals surface area (Å²) in [5.41, 5.74) is 5.27. The molecule has 0 aromatic carbocycles. The summed E-state index contributed by atoms with van der Waals surface area (Å²) in [5.74, 6) is -1.43. The topological polar surface area (TPSA) is 92.9 Å². The van der Waals surface area contributed by atoms with E-state index in [4.69, 9.17) is 15.6 Å². The van der Waals surface area contributed by atoms with E-state index in [0.29, 0.717) is 39.0 Å². The van der Waals surface area contributed by atoms with Crippen LogP contribution in [0.5, 0.6) is 0 Å². The molecule has 2 heterocycles. The maximum absolute atomic E-state index is 12.5. The Morgan fingerprint density at radius 1 is 1.39 bits per heavy atom. The quantitative estimate of drug-likeness (QED) is 0.714. The highest BCUT2D eigenvalue weighted by molar-refractivity contribution is 5.87. The molecule has 3 N–H and O–H groups in total. The van der Waals surface area contributed by atoms with E-state index >= 15 is 0 Å². The number of carbonyl (C=O) groups is 2. The summed E-state index contributed by atoms with van der Waals surface area (Å²) < 4.78 is 5.22. The van der Waals surface area contributed by atoms with E-state index in [1.54, 1.807) is 11.8 Å². The normalized spacial score (nSPS) is 31.3.